The minimum atomic E-state index is -0.846. The van der Waals surface area contributed by atoms with Crippen molar-refractivity contribution in [2.24, 2.45) is 11.8 Å². The zero-order chi connectivity index (χ0) is 12.3. The van der Waals surface area contributed by atoms with Gasteiger partial charge < -0.3 is 10.4 Å². The summed E-state index contributed by atoms with van der Waals surface area (Å²) in [5.74, 6) is -1.74. The third kappa shape index (κ3) is 2.54. The van der Waals surface area contributed by atoms with Crippen molar-refractivity contribution >= 4 is 11.9 Å². The molecular weight excluding hydrogens is 206 g/mol. The molecule has 1 aliphatic rings. The SMILES string of the molecule is CCC(C)(CC)NC(=O)C1CCC1C(=O)O. The summed E-state index contributed by atoms with van der Waals surface area (Å²) in [6, 6.07) is 0. The van der Waals surface area contributed by atoms with Crippen LogP contribution in [0.4, 0.5) is 0 Å². The monoisotopic (exact) mass is 227 g/mol. The standard InChI is InChI=1S/C12H21NO3/c1-4-12(3,5-2)13-10(14)8-6-7-9(8)11(15)16/h8-9H,4-7H2,1-3H3,(H,13,14)(H,15,16). The van der Waals surface area contributed by atoms with E-state index in [1.807, 2.05) is 20.8 Å². The molecule has 1 aliphatic carbocycles. The molecule has 1 rings (SSSR count). The summed E-state index contributed by atoms with van der Waals surface area (Å²) in [5.41, 5.74) is -0.199. The predicted octanol–water partition coefficient (Wildman–Crippen LogP) is 1.79. The summed E-state index contributed by atoms with van der Waals surface area (Å²) in [4.78, 5) is 22.7. The molecule has 1 saturated carbocycles. The van der Waals surface area contributed by atoms with Gasteiger partial charge in [0.15, 0.2) is 0 Å². The van der Waals surface area contributed by atoms with E-state index in [9.17, 15) is 9.59 Å². The molecular formula is C12H21NO3. The van der Waals surface area contributed by atoms with Gasteiger partial charge in [-0.15, -0.1) is 0 Å². The third-order valence-electron chi connectivity index (χ3n) is 3.91. The second kappa shape index (κ2) is 4.85. The maximum atomic E-state index is 11.9. The van der Waals surface area contributed by atoms with Gasteiger partial charge in [0.1, 0.15) is 0 Å². The number of carboxylic acid groups (broad SMARTS) is 1. The summed E-state index contributed by atoms with van der Waals surface area (Å²) in [5, 5.41) is 11.9. The first-order chi connectivity index (χ1) is 7.43. The van der Waals surface area contributed by atoms with Crippen LogP contribution in [0.3, 0.4) is 0 Å². The molecule has 0 aromatic heterocycles. The van der Waals surface area contributed by atoms with Gasteiger partial charge in [-0.05, 0) is 32.6 Å². The summed E-state index contributed by atoms with van der Waals surface area (Å²) >= 11 is 0. The van der Waals surface area contributed by atoms with E-state index >= 15 is 0 Å². The molecule has 92 valence electrons. The van der Waals surface area contributed by atoms with E-state index in [2.05, 4.69) is 5.32 Å². The molecule has 1 fully saturated rings. The van der Waals surface area contributed by atoms with Crippen molar-refractivity contribution in [3.63, 3.8) is 0 Å². The molecule has 0 aromatic carbocycles. The van der Waals surface area contributed by atoms with Gasteiger partial charge in [-0.25, -0.2) is 0 Å². The molecule has 2 unspecified atom stereocenters. The van der Waals surface area contributed by atoms with E-state index in [-0.39, 0.29) is 17.4 Å². The average molecular weight is 227 g/mol. The van der Waals surface area contributed by atoms with Crippen LogP contribution < -0.4 is 5.32 Å². The Bertz CT molecular complexity index is 284. The molecule has 0 radical (unpaired) electrons. The zero-order valence-electron chi connectivity index (χ0n) is 10.2. The van der Waals surface area contributed by atoms with Crippen molar-refractivity contribution < 1.29 is 14.7 Å². The smallest absolute Gasteiger partial charge is 0.307 e. The number of carbonyl (C=O) groups is 2. The van der Waals surface area contributed by atoms with Crippen molar-refractivity contribution in [3.05, 3.63) is 0 Å². The first-order valence-corrected chi connectivity index (χ1v) is 5.98. The summed E-state index contributed by atoms with van der Waals surface area (Å²) in [7, 11) is 0. The van der Waals surface area contributed by atoms with Crippen molar-refractivity contribution in [1.29, 1.82) is 0 Å². The molecule has 0 bridgehead atoms. The Labute approximate surface area is 96.4 Å². The number of hydrogen-bond acceptors (Lipinski definition) is 2. The Morgan fingerprint density at radius 3 is 2.06 bits per heavy atom. The van der Waals surface area contributed by atoms with Crippen LogP contribution in [0.2, 0.25) is 0 Å². The predicted molar refractivity (Wildman–Crippen MR) is 61.0 cm³/mol. The molecule has 4 heteroatoms. The number of carbonyl (C=O) groups excluding carboxylic acids is 1. The second-order valence-corrected chi connectivity index (χ2v) is 4.89. The van der Waals surface area contributed by atoms with E-state index in [1.165, 1.54) is 0 Å². The number of amides is 1. The van der Waals surface area contributed by atoms with Crippen LogP contribution >= 0.6 is 0 Å². The highest BCUT2D eigenvalue weighted by molar-refractivity contribution is 5.86. The highest BCUT2D eigenvalue weighted by atomic mass is 16.4. The summed E-state index contributed by atoms with van der Waals surface area (Å²) in [6.45, 7) is 6.05. The molecule has 0 aliphatic heterocycles. The van der Waals surface area contributed by atoms with Crippen molar-refractivity contribution in [1.82, 2.24) is 5.32 Å². The maximum Gasteiger partial charge on any atom is 0.307 e. The van der Waals surface area contributed by atoms with E-state index in [0.717, 1.165) is 12.8 Å². The van der Waals surface area contributed by atoms with E-state index < -0.39 is 11.9 Å². The first kappa shape index (κ1) is 13.0. The lowest BCUT2D eigenvalue weighted by atomic mass is 9.72. The minimum Gasteiger partial charge on any atom is -0.481 e. The van der Waals surface area contributed by atoms with Gasteiger partial charge in [0, 0.05) is 5.54 Å². The zero-order valence-corrected chi connectivity index (χ0v) is 10.2. The quantitative estimate of drug-likeness (QED) is 0.752. The van der Waals surface area contributed by atoms with E-state index in [1.54, 1.807) is 0 Å². The topological polar surface area (TPSA) is 66.4 Å². The second-order valence-electron chi connectivity index (χ2n) is 4.89. The van der Waals surface area contributed by atoms with Gasteiger partial charge in [0.25, 0.3) is 0 Å². The lowest BCUT2D eigenvalue weighted by molar-refractivity contribution is -0.153. The Morgan fingerprint density at radius 2 is 1.75 bits per heavy atom. The van der Waals surface area contributed by atoms with Crippen LogP contribution in [-0.2, 0) is 9.59 Å². The van der Waals surface area contributed by atoms with Gasteiger partial charge in [-0.1, -0.05) is 13.8 Å². The van der Waals surface area contributed by atoms with Crippen molar-refractivity contribution in [2.45, 2.75) is 52.0 Å². The molecule has 0 saturated heterocycles. The van der Waals surface area contributed by atoms with Gasteiger partial charge in [0.2, 0.25) is 5.91 Å². The van der Waals surface area contributed by atoms with Crippen LogP contribution in [0.5, 0.6) is 0 Å². The fourth-order valence-electron chi connectivity index (χ4n) is 1.93. The Morgan fingerprint density at radius 1 is 1.25 bits per heavy atom. The molecule has 4 nitrogen and oxygen atoms in total. The molecule has 0 aromatic rings. The Kier molecular flexibility index (Phi) is 3.94. The Balaban J connectivity index is 2.56. The highest BCUT2D eigenvalue weighted by Gasteiger charge is 2.42. The lowest BCUT2D eigenvalue weighted by Crippen LogP contribution is -2.52. The molecule has 0 spiro atoms. The average Bonchev–Trinajstić information content (AvgIpc) is 2.14. The number of nitrogens with one attached hydrogen (secondary N) is 1. The third-order valence-corrected chi connectivity index (χ3v) is 3.91. The summed E-state index contributed by atoms with van der Waals surface area (Å²) in [6.07, 6.45) is 3.05. The highest BCUT2D eigenvalue weighted by Crippen LogP contribution is 2.35. The maximum absolute atomic E-state index is 11.9. The van der Waals surface area contributed by atoms with Crippen LogP contribution in [0.25, 0.3) is 0 Å². The fraction of sp³-hybridized carbons (Fsp3) is 0.833. The van der Waals surface area contributed by atoms with E-state index in [4.69, 9.17) is 5.11 Å². The molecule has 2 N–H and O–H groups in total. The molecule has 1 amide bonds. The number of hydrogen-bond donors (Lipinski definition) is 2. The van der Waals surface area contributed by atoms with Crippen LogP contribution in [0.15, 0.2) is 0 Å². The number of carboxylic acids is 1. The summed E-state index contributed by atoms with van der Waals surface area (Å²) < 4.78 is 0. The van der Waals surface area contributed by atoms with Crippen LogP contribution in [0, 0.1) is 11.8 Å². The van der Waals surface area contributed by atoms with Gasteiger partial charge in [0.05, 0.1) is 11.8 Å². The van der Waals surface area contributed by atoms with Gasteiger partial charge in [-0.2, -0.15) is 0 Å². The lowest BCUT2D eigenvalue weighted by Gasteiger charge is -2.36. The van der Waals surface area contributed by atoms with Gasteiger partial charge in [-0.3, -0.25) is 9.59 Å². The number of rotatable bonds is 5. The van der Waals surface area contributed by atoms with Crippen LogP contribution in [0.1, 0.15) is 46.5 Å². The van der Waals surface area contributed by atoms with Crippen molar-refractivity contribution in [2.75, 3.05) is 0 Å². The van der Waals surface area contributed by atoms with E-state index in [0.29, 0.717) is 12.8 Å². The first-order valence-electron chi connectivity index (χ1n) is 5.98. The molecule has 16 heavy (non-hydrogen) atoms. The number of aliphatic carboxylic acids is 1. The normalized spacial score (nSPS) is 24.7. The largest absolute Gasteiger partial charge is 0.481 e. The molecule has 2 atom stereocenters. The fourth-order valence-corrected chi connectivity index (χ4v) is 1.93. The van der Waals surface area contributed by atoms with Crippen molar-refractivity contribution in [3.8, 4) is 0 Å². The minimum absolute atomic E-state index is 0.0927. The van der Waals surface area contributed by atoms with Gasteiger partial charge >= 0.3 is 5.97 Å². The molecule has 0 heterocycles. The Hall–Kier alpha value is -1.06. The van der Waals surface area contributed by atoms with Crippen LogP contribution in [-0.4, -0.2) is 22.5 Å².